The molecule has 29 heavy (non-hydrogen) atoms. The summed E-state index contributed by atoms with van der Waals surface area (Å²) in [5, 5.41) is 11.0. The first-order valence-electron chi connectivity index (χ1n) is 8.77. The van der Waals surface area contributed by atoms with E-state index in [-0.39, 0.29) is 16.4 Å². The molecule has 0 aliphatic rings. The number of ether oxygens (including phenoxy) is 1. The maximum atomic E-state index is 12.4. The van der Waals surface area contributed by atoms with Crippen molar-refractivity contribution in [3.8, 4) is 5.75 Å². The Balaban J connectivity index is 1.60. The predicted molar refractivity (Wildman–Crippen MR) is 111 cm³/mol. The number of nitrogens with one attached hydrogen (secondary N) is 2. The molecule has 3 rings (SSSR count). The van der Waals surface area contributed by atoms with Crippen molar-refractivity contribution >= 4 is 33.0 Å². The van der Waals surface area contributed by atoms with Crippen LogP contribution in [0.1, 0.15) is 27.3 Å². The summed E-state index contributed by atoms with van der Waals surface area (Å²) >= 11 is 1.02. The van der Waals surface area contributed by atoms with E-state index >= 15 is 0 Å². The van der Waals surface area contributed by atoms with Crippen molar-refractivity contribution in [2.24, 2.45) is 0 Å². The molecule has 1 aromatic heterocycles. The first kappa shape index (κ1) is 20.9. The standard InChI is InChI=1S/C19H20N4O4S2/c1-3-13-4-10-16(11-5-13)29(25,26)20-12-17-22-23-19(28-17)18(24)21-14-6-8-15(27-2)9-7-14/h4-11,20H,3,12H2,1-2H3,(H,21,24). The maximum Gasteiger partial charge on any atom is 0.286 e. The van der Waals surface area contributed by atoms with Gasteiger partial charge in [0.15, 0.2) is 0 Å². The molecule has 0 saturated carbocycles. The molecule has 0 aliphatic heterocycles. The molecule has 0 fully saturated rings. The largest absolute Gasteiger partial charge is 0.497 e. The van der Waals surface area contributed by atoms with E-state index in [9.17, 15) is 13.2 Å². The highest BCUT2D eigenvalue weighted by Crippen LogP contribution is 2.18. The number of hydrogen-bond donors (Lipinski definition) is 2. The van der Waals surface area contributed by atoms with Crippen LogP contribution in [0.5, 0.6) is 5.75 Å². The fourth-order valence-corrected chi connectivity index (χ4v) is 4.17. The van der Waals surface area contributed by atoms with Gasteiger partial charge in [-0.2, -0.15) is 0 Å². The topological polar surface area (TPSA) is 110 Å². The van der Waals surface area contributed by atoms with E-state index in [1.54, 1.807) is 55.6 Å². The van der Waals surface area contributed by atoms with Gasteiger partial charge in [0, 0.05) is 5.69 Å². The average molecular weight is 433 g/mol. The summed E-state index contributed by atoms with van der Waals surface area (Å²) in [7, 11) is -2.11. The molecule has 0 bridgehead atoms. The predicted octanol–water partition coefficient (Wildman–Crippen LogP) is 2.84. The molecule has 0 saturated heterocycles. The third-order valence-electron chi connectivity index (χ3n) is 4.06. The molecular weight excluding hydrogens is 412 g/mol. The number of sulfonamides is 1. The van der Waals surface area contributed by atoms with Crippen LogP contribution in [0.2, 0.25) is 0 Å². The first-order valence-corrected chi connectivity index (χ1v) is 11.1. The minimum atomic E-state index is -3.67. The number of hydrogen-bond acceptors (Lipinski definition) is 7. The van der Waals surface area contributed by atoms with Crippen LogP contribution in [0.4, 0.5) is 5.69 Å². The van der Waals surface area contributed by atoms with Crippen LogP contribution >= 0.6 is 11.3 Å². The van der Waals surface area contributed by atoms with Gasteiger partial charge in [0.05, 0.1) is 18.6 Å². The van der Waals surface area contributed by atoms with E-state index in [1.807, 2.05) is 6.92 Å². The summed E-state index contributed by atoms with van der Waals surface area (Å²) in [4.78, 5) is 12.5. The molecular formula is C19H20N4O4S2. The molecule has 2 aromatic carbocycles. The molecule has 3 aromatic rings. The number of benzene rings is 2. The normalized spacial score (nSPS) is 11.2. The number of methoxy groups -OCH3 is 1. The zero-order valence-electron chi connectivity index (χ0n) is 15.9. The van der Waals surface area contributed by atoms with Crippen LogP contribution in [0.15, 0.2) is 53.4 Å². The second-order valence-corrected chi connectivity index (χ2v) is 8.83. The SMILES string of the molecule is CCc1ccc(S(=O)(=O)NCc2nnc(C(=O)Nc3ccc(OC)cc3)s2)cc1. The van der Waals surface area contributed by atoms with Crippen LogP contribution in [0.3, 0.4) is 0 Å². The lowest BCUT2D eigenvalue weighted by atomic mass is 10.2. The lowest BCUT2D eigenvalue weighted by Gasteiger charge is -2.05. The maximum absolute atomic E-state index is 12.4. The number of amides is 1. The van der Waals surface area contributed by atoms with Gasteiger partial charge < -0.3 is 10.1 Å². The molecule has 2 N–H and O–H groups in total. The lowest BCUT2D eigenvalue weighted by Crippen LogP contribution is -2.23. The second kappa shape index (κ2) is 9.12. The summed E-state index contributed by atoms with van der Waals surface area (Å²) in [6.07, 6.45) is 0.833. The van der Waals surface area contributed by atoms with Crippen molar-refractivity contribution in [3.05, 3.63) is 64.1 Å². The molecule has 10 heteroatoms. The van der Waals surface area contributed by atoms with Crippen LogP contribution in [-0.4, -0.2) is 31.6 Å². The van der Waals surface area contributed by atoms with Crippen LogP contribution in [0, 0.1) is 0 Å². The minimum Gasteiger partial charge on any atom is -0.497 e. The number of nitrogens with zero attached hydrogens (tertiary/aromatic N) is 2. The van der Waals surface area contributed by atoms with Crippen molar-refractivity contribution in [2.45, 2.75) is 24.8 Å². The van der Waals surface area contributed by atoms with E-state index in [0.29, 0.717) is 16.4 Å². The molecule has 0 aliphatic carbocycles. The summed E-state index contributed by atoms with van der Waals surface area (Å²) in [6, 6.07) is 13.5. The average Bonchev–Trinajstić information content (AvgIpc) is 3.22. The van der Waals surface area contributed by atoms with Gasteiger partial charge in [-0.3, -0.25) is 4.79 Å². The summed E-state index contributed by atoms with van der Waals surface area (Å²) in [5.74, 6) is 0.259. The van der Waals surface area contributed by atoms with Gasteiger partial charge in [0.2, 0.25) is 15.0 Å². The third kappa shape index (κ3) is 5.37. The minimum absolute atomic E-state index is 0.0503. The third-order valence-corrected chi connectivity index (χ3v) is 6.40. The number of aryl methyl sites for hydroxylation is 1. The molecule has 152 valence electrons. The summed E-state index contributed by atoms with van der Waals surface area (Å²) in [6.45, 7) is 1.95. The van der Waals surface area contributed by atoms with Gasteiger partial charge in [-0.05, 0) is 48.4 Å². The molecule has 1 heterocycles. The number of aromatic nitrogens is 2. The quantitative estimate of drug-likeness (QED) is 0.566. The van der Waals surface area contributed by atoms with Gasteiger partial charge in [-0.15, -0.1) is 10.2 Å². The van der Waals surface area contributed by atoms with Crippen molar-refractivity contribution in [1.82, 2.24) is 14.9 Å². The Kier molecular flexibility index (Phi) is 6.57. The lowest BCUT2D eigenvalue weighted by molar-refractivity contribution is 0.102. The summed E-state index contributed by atoms with van der Waals surface area (Å²) < 4.78 is 32.3. The van der Waals surface area contributed by atoms with E-state index in [2.05, 4.69) is 20.2 Å². The molecule has 8 nitrogen and oxygen atoms in total. The number of carbonyl (C=O) groups excluding carboxylic acids is 1. The Hall–Kier alpha value is -2.82. The van der Waals surface area contributed by atoms with E-state index in [0.717, 1.165) is 23.3 Å². The molecule has 0 unspecified atom stereocenters. The van der Waals surface area contributed by atoms with E-state index in [4.69, 9.17) is 4.74 Å². The second-order valence-electron chi connectivity index (χ2n) is 6.01. The zero-order chi connectivity index (χ0) is 20.9. The molecule has 0 spiro atoms. The fraction of sp³-hybridized carbons (Fsp3) is 0.211. The smallest absolute Gasteiger partial charge is 0.286 e. The highest BCUT2D eigenvalue weighted by Gasteiger charge is 2.17. The van der Waals surface area contributed by atoms with Crippen molar-refractivity contribution in [1.29, 1.82) is 0 Å². The number of rotatable bonds is 8. The van der Waals surface area contributed by atoms with E-state index < -0.39 is 15.9 Å². The van der Waals surface area contributed by atoms with Crippen LogP contribution in [0.25, 0.3) is 0 Å². The number of carbonyl (C=O) groups is 1. The molecule has 1 amide bonds. The molecule has 0 radical (unpaired) electrons. The Bertz CT molecular complexity index is 1080. The van der Waals surface area contributed by atoms with Gasteiger partial charge in [0.25, 0.3) is 5.91 Å². The van der Waals surface area contributed by atoms with Crippen molar-refractivity contribution in [2.75, 3.05) is 12.4 Å². The zero-order valence-corrected chi connectivity index (χ0v) is 17.5. The Morgan fingerprint density at radius 2 is 1.76 bits per heavy atom. The van der Waals surface area contributed by atoms with Gasteiger partial charge in [-0.1, -0.05) is 30.4 Å². The highest BCUT2D eigenvalue weighted by atomic mass is 32.2. The Labute approximate surface area is 173 Å². The first-order chi connectivity index (χ1) is 13.9. The monoisotopic (exact) mass is 432 g/mol. The van der Waals surface area contributed by atoms with Crippen LogP contribution in [-0.2, 0) is 23.0 Å². The summed E-state index contributed by atoms with van der Waals surface area (Å²) in [5.41, 5.74) is 1.64. The van der Waals surface area contributed by atoms with Gasteiger partial charge in [0.1, 0.15) is 10.8 Å². The van der Waals surface area contributed by atoms with Crippen molar-refractivity contribution < 1.29 is 17.9 Å². The highest BCUT2D eigenvalue weighted by molar-refractivity contribution is 7.89. The van der Waals surface area contributed by atoms with Crippen LogP contribution < -0.4 is 14.8 Å². The van der Waals surface area contributed by atoms with Gasteiger partial charge in [-0.25, -0.2) is 13.1 Å². The van der Waals surface area contributed by atoms with Crippen molar-refractivity contribution in [3.63, 3.8) is 0 Å². The molecule has 0 atom stereocenters. The fourth-order valence-electron chi connectivity index (χ4n) is 2.42. The Morgan fingerprint density at radius 1 is 1.07 bits per heavy atom. The van der Waals surface area contributed by atoms with Gasteiger partial charge >= 0.3 is 0 Å². The van der Waals surface area contributed by atoms with E-state index in [1.165, 1.54) is 0 Å². The number of anilines is 1. The Morgan fingerprint density at radius 3 is 2.38 bits per heavy atom.